The van der Waals surface area contributed by atoms with Crippen molar-refractivity contribution >= 4 is 16.5 Å². The van der Waals surface area contributed by atoms with E-state index in [4.69, 9.17) is 0 Å². The van der Waals surface area contributed by atoms with Gasteiger partial charge in [0.25, 0.3) is 0 Å². The number of hydrogen-bond acceptors (Lipinski definition) is 5. The monoisotopic (exact) mass is 343 g/mol. The molecular weight excluding hydrogens is 325 g/mol. The minimum Gasteiger partial charge on any atom is -0.347 e. The fourth-order valence-corrected chi connectivity index (χ4v) is 3.99. The number of aromatic nitrogens is 4. The number of halogens is 1. The third-order valence-electron chi connectivity index (χ3n) is 4.41. The van der Waals surface area contributed by atoms with Crippen molar-refractivity contribution in [2.75, 3.05) is 18.0 Å². The summed E-state index contributed by atoms with van der Waals surface area (Å²) in [6, 6.07) is 7.09. The van der Waals surface area contributed by atoms with Crippen LogP contribution in [0.15, 0.2) is 43.0 Å². The van der Waals surface area contributed by atoms with Gasteiger partial charge in [0.1, 0.15) is 10.8 Å². The largest absolute Gasteiger partial charge is 0.347 e. The van der Waals surface area contributed by atoms with Crippen LogP contribution in [-0.2, 0) is 6.42 Å². The van der Waals surface area contributed by atoms with E-state index in [1.54, 1.807) is 23.5 Å². The molecule has 0 aliphatic carbocycles. The molecule has 24 heavy (non-hydrogen) atoms. The summed E-state index contributed by atoms with van der Waals surface area (Å²) in [6.45, 7) is 1.96. The Morgan fingerprint density at radius 2 is 1.92 bits per heavy atom. The quantitative estimate of drug-likeness (QED) is 0.729. The molecule has 1 aliphatic rings. The van der Waals surface area contributed by atoms with Crippen molar-refractivity contribution in [2.24, 2.45) is 0 Å². The van der Waals surface area contributed by atoms with Crippen molar-refractivity contribution in [3.05, 3.63) is 59.4 Å². The first-order valence-corrected chi connectivity index (χ1v) is 8.89. The maximum absolute atomic E-state index is 13.0. The minimum atomic E-state index is -0.211. The van der Waals surface area contributed by atoms with Crippen LogP contribution in [0.3, 0.4) is 0 Å². The number of nitrogens with zero attached hydrogens (tertiary/aromatic N) is 5. The van der Waals surface area contributed by atoms with Gasteiger partial charge in [-0.2, -0.15) is 0 Å². The van der Waals surface area contributed by atoms with Crippen LogP contribution < -0.4 is 4.90 Å². The number of benzene rings is 1. The Morgan fingerprint density at radius 1 is 1.12 bits per heavy atom. The Balaban J connectivity index is 1.38. The second-order valence-electron chi connectivity index (χ2n) is 6.01. The highest BCUT2D eigenvalue weighted by Crippen LogP contribution is 2.29. The number of hydrogen-bond donors (Lipinski definition) is 0. The van der Waals surface area contributed by atoms with Crippen LogP contribution in [0.1, 0.15) is 29.5 Å². The molecule has 0 saturated carbocycles. The van der Waals surface area contributed by atoms with Crippen LogP contribution in [0.2, 0.25) is 0 Å². The van der Waals surface area contributed by atoms with E-state index in [1.165, 1.54) is 12.1 Å². The molecule has 0 radical (unpaired) electrons. The van der Waals surface area contributed by atoms with E-state index in [1.807, 2.05) is 18.7 Å². The Morgan fingerprint density at radius 3 is 2.62 bits per heavy atom. The van der Waals surface area contributed by atoms with Gasteiger partial charge in [-0.25, -0.2) is 9.37 Å². The van der Waals surface area contributed by atoms with Crippen LogP contribution in [0.25, 0.3) is 0 Å². The van der Waals surface area contributed by atoms with Crippen LogP contribution in [0.5, 0.6) is 0 Å². The average molecular weight is 343 g/mol. The van der Waals surface area contributed by atoms with E-state index in [9.17, 15) is 4.39 Å². The predicted octanol–water partition coefficient (Wildman–Crippen LogP) is 3.31. The van der Waals surface area contributed by atoms with Crippen molar-refractivity contribution in [1.29, 1.82) is 0 Å². The van der Waals surface area contributed by atoms with Gasteiger partial charge in [-0.05, 0) is 30.5 Å². The lowest BCUT2D eigenvalue weighted by Gasteiger charge is -2.31. The predicted molar refractivity (Wildman–Crippen MR) is 91.8 cm³/mol. The van der Waals surface area contributed by atoms with E-state index in [2.05, 4.69) is 24.6 Å². The molecule has 2 aromatic heterocycles. The zero-order valence-corrected chi connectivity index (χ0v) is 14.0. The summed E-state index contributed by atoms with van der Waals surface area (Å²) in [7, 11) is 0. The lowest BCUT2D eigenvalue weighted by atomic mass is 10.1. The first-order chi connectivity index (χ1) is 11.8. The molecule has 3 aromatic rings. The highest BCUT2D eigenvalue weighted by molar-refractivity contribution is 7.15. The molecule has 0 spiro atoms. The maximum Gasteiger partial charge on any atom is 0.208 e. The van der Waals surface area contributed by atoms with E-state index in [0.29, 0.717) is 12.5 Å². The first-order valence-electron chi connectivity index (χ1n) is 8.07. The fraction of sp³-hybridized carbons (Fsp3) is 0.353. The van der Waals surface area contributed by atoms with Crippen molar-refractivity contribution in [3.63, 3.8) is 0 Å². The summed E-state index contributed by atoms with van der Waals surface area (Å²) in [5.74, 6) is -0.211. The second kappa shape index (κ2) is 6.68. The SMILES string of the molecule is Fc1ccc(Cc2nnc(N3CCC(n4ccnc4)CC3)s2)cc1. The molecule has 1 aromatic carbocycles. The highest BCUT2D eigenvalue weighted by atomic mass is 32.1. The van der Waals surface area contributed by atoms with Gasteiger partial charge in [0.15, 0.2) is 0 Å². The maximum atomic E-state index is 13.0. The fourth-order valence-electron chi connectivity index (χ4n) is 3.06. The van der Waals surface area contributed by atoms with Gasteiger partial charge in [-0.3, -0.25) is 0 Å². The summed E-state index contributed by atoms with van der Waals surface area (Å²) in [5.41, 5.74) is 1.05. The molecule has 7 heteroatoms. The molecule has 0 bridgehead atoms. The van der Waals surface area contributed by atoms with Crippen LogP contribution in [-0.4, -0.2) is 32.8 Å². The van der Waals surface area contributed by atoms with E-state index >= 15 is 0 Å². The van der Waals surface area contributed by atoms with Crippen molar-refractivity contribution < 1.29 is 4.39 Å². The Labute approximate surface area is 143 Å². The molecule has 0 atom stereocenters. The van der Waals surface area contributed by atoms with Gasteiger partial charge < -0.3 is 9.47 Å². The summed E-state index contributed by atoms with van der Waals surface area (Å²) >= 11 is 1.63. The number of imidazole rings is 1. The molecule has 0 N–H and O–H groups in total. The molecular formula is C17H18FN5S. The molecule has 0 amide bonds. The van der Waals surface area contributed by atoms with Gasteiger partial charge in [-0.15, -0.1) is 10.2 Å². The van der Waals surface area contributed by atoms with Crippen molar-refractivity contribution in [1.82, 2.24) is 19.7 Å². The second-order valence-corrected chi connectivity index (χ2v) is 7.05. The molecule has 5 nitrogen and oxygen atoms in total. The number of anilines is 1. The molecule has 1 fully saturated rings. The van der Waals surface area contributed by atoms with Gasteiger partial charge in [0, 0.05) is 37.9 Å². The Kier molecular flexibility index (Phi) is 4.25. The smallest absolute Gasteiger partial charge is 0.208 e. The normalized spacial score (nSPS) is 15.8. The van der Waals surface area contributed by atoms with E-state index in [0.717, 1.165) is 41.6 Å². The van der Waals surface area contributed by atoms with Gasteiger partial charge in [0.05, 0.1) is 6.33 Å². The number of rotatable bonds is 4. The Bertz CT molecular complexity index is 776. The van der Waals surface area contributed by atoms with Gasteiger partial charge in [-0.1, -0.05) is 23.5 Å². The topological polar surface area (TPSA) is 46.8 Å². The zero-order valence-electron chi connectivity index (χ0n) is 13.2. The van der Waals surface area contributed by atoms with E-state index < -0.39 is 0 Å². The third kappa shape index (κ3) is 3.31. The molecule has 4 rings (SSSR count). The van der Waals surface area contributed by atoms with Crippen LogP contribution in [0, 0.1) is 5.82 Å². The van der Waals surface area contributed by atoms with Crippen LogP contribution in [0.4, 0.5) is 9.52 Å². The zero-order chi connectivity index (χ0) is 16.4. The molecule has 3 heterocycles. The lowest BCUT2D eigenvalue weighted by Crippen LogP contribution is -2.34. The summed E-state index contributed by atoms with van der Waals surface area (Å²) in [6.07, 6.45) is 8.63. The minimum absolute atomic E-state index is 0.211. The van der Waals surface area contributed by atoms with E-state index in [-0.39, 0.29) is 5.82 Å². The van der Waals surface area contributed by atoms with Crippen molar-refractivity contribution in [3.8, 4) is 0 Å². The summed E-state index contributed by atoms with van der Waals surface area (Å²) in [4.78, 5) is 6.43. The summed E-state index contributed by atoms with van der Waals surface area (Å²) in [5, 5.41) is 10.6. The third-order valence-corrected chi connectivity index (χ3v) is 5.39. The molecule has 0 unspecified atom stereocenters. The number of piperidine rings is 1. The van der Waals surface area contributed by atoms with Gasteiger partial charge >= 0.3 is 0 Å². The highest BCUT2D eigenvalue weighted by Gasteiger charge is 2.22. The Hall–Kier alpha value is -2.28. The summed E-state index contributed by atoms with van der Waals surface area (Å²) < 4.78 is 15.2. The van der Waals surface area contributed by atoms with Crippen LogP contribution >= 0.6 is 11.3 Å². The first kappa shape index (κ1) is 15.3. The lowest BCUT2D eigenvalue weighted by molar-refractivity contribution is 0.395. The standard InChI is InChI=1S/C17H18FN5S/c18-14-3-1-13(2-4-14)11-16-20-21-17(24-16)22-8-5-15(6-9-22)23-10-7-19-12-23/h1-4,7,10,12,15H,5-6,8-9,11H2. The molecule has 1 saturated heterocycles. The molecule has 1 aliphatic heterocycles. The van der Waals surface area contributed by atoms with Gasteiger partial charge in [0.2, 0.25) is 5.13 Å². The average Bonchev–Trinajstić information content (AvgIpc) is 3.29. The molecule has 124 valence electrons. The van der Waals surface area contributed by atoms with Crippen molar-refractivity contribution in [2.45, 2.75) is 25.3 Å².